The first kappa shape index (κ1) is 16.4. The van der Waals surface area contributed by atoms with Gasteiger partial charge in [-0.25, -0.2) is 15.0 Å². The molecule has 27 heavy (non-hydrogen) atoms. The third-order valence-electron chi connectivity index (χ3n) is 3.96. The van der Waals surface area contributed by atoms with Gasteiger partial charge in [-0.2, -0.15) is 0 Å². The van der Waals surface area contributed by atoms with Crippen molar-refractivity contribution in [1.29, 1.82) is 0 Å². The molecule has 132 valence electrons. The maximum absolute atomic E-state index is 11.7. The molecular formula is C19H14N6O2. The Labute approximate surface area is 154 Å². The maximum Gasteiger partial charge on any atom is 0.353 e. The van der Waals surface area contributed by atoms with Gasteiger partial charge in [0.25, 0.3) is 0 Å². The number of hydrogen-bond acceptors (Lipinski definition) is 7. The molecular weight excluding hydrogens is 344 g/mol. The van der Waals surface area contributed by atoms with Crippen LogP contribution in [0.1, 0.15) is 0 Å². The average Bonchev–Trinajstić information content (AvgIpc) is 2.69. The summed E-state index contributed by atoms with van der Waals surface area (Å²) in [6, 6.07) is 18.7. The smallest absolute Gasteiger partial charge is 0.334 e. The van der Waals surface area contributed by atoms with E-state index in [1.165, 1.54) is 6.33 Å². The number of nitrogens with one attached hydrogen (secondary N) is 2. The van der Waals surface area contributed by atoms with Gasteiger partial charge >= 0.3 is 5.69 Å². The summed E-state index contributed by atoms with van der Waals surface area (Å²) in [4.78, 5) is 23.4. The molecule has 0 saturated heterocycles. The van der Waals surface area contributed by atoms with Crippen LogP contribution >= 0.6 is 0 Å². The van der Waals surface area contributed by atoms with E-state index in [1.807, 2.05) is 42.5 Å². The standard InChI is InChI=1S/C19H14N6O2/c26-25(27)17-18(21-12-22-19(17)24-16-10-3-4-11-20-16)23-15-9-5-7-13-6-1-2-8-14(13)15/h1-12H,(H2,20,21,22,23,24). The van der Waals surface area contributed by atoms with Gasteiger partial charge in [-0.05, 0) is 23.6 Å². The molecule has 0 fully saturated rings. The number of rotatable bonds is 5. The van der Waals surface area contributed by atoms with E-state index in [4.69, 9.17) is 0 Å². The fraction of sp³-hybridized carbons (Fsp3) is 0. The first-order chi connectivity index (χ1) is 13.2. The maximum atomic E-state index is 11.7. The predicted molar refractivity (Wildman–Crippen MR) is 103 cm³/mol. The lowest BCUT2D eigenvalue weighted by molar-refractivity contribution is -0.383. The Morgan fingerprint density at radius 2 is 1.56 bits per heavy atom. The molecule has 2 aromatic carbocycles. The van der Waals surface area contributed by atoms with Gasteiger partial charge in [-0.15, -0.1) is 0 Å². The number of fused-ring (bicyclic) bond motifs is 1. The number of aromatic nitrogens is 3. The second-order valence-electron chi connectivity index (χ2n) is 5.67. The normalized spacial score (nSPS) is 10.5. The molecule has 0 amide bonds. The summed E-state index contributed by atoms with van der Waals surface area (Å²) in [5.41, 5.74) is 0.467. The molecule has 0 bridgehead atoms. The molecule has 0 unspecified atom stereocenters. The van der Waals surface area contributed by atoms with E-state index in [-0.39, 0.29) is 17.3 Å². The van der Waals surface area contributed by atoms with Crippen LogP contribution in [-0.2, 0) is 0 Å². The molecule has 8 nitrogen and oxygen atoms in total. The summed E-state index contributed by atoms with van der Waals surface area (Å²) < 4.78 is 0. The summed E-state index contributed by atoms with van der Waals surface area (Å²) in [7, 11) is 0. The fourth-order valence-corrected chi connectivity index (χ4v) is 2.75. The number of nitro groups is 1. The molecule has 2 heterocycles. The van der Waals surface area contributed by atoms with Gasteiger partial charge in [0, 0.05) is 17.3 Å². The van der Waals surface area contributed by atoms with Gasteiger partial charge in [0.1, 0.15) is 12.1 Å². The quantitative estimate of drug-likeness (QED) is 0.402. The van der Waals surface area contributed by atoms with Crippen LogP contribution in [-0.4, -0.2) is 19.9 Å². The molecule has 0 aliphatic rings. The Balaban J connectivity index is 1.76. The van der Waals surface area contributed by atoms with Crippen LogP contribution in [0.15, 0.2) is 73.2 Å². The molecule has 4 rings (SSSR count). The van der Waals surface area contributed by atoms with Gasteiger partial charge in [-0.1, -0.05) is 42.5 Å². The second kappa shape index (κ2) is 7.04. The zero-order valence-corrected chi connectivity index (χ0v) is 14.0. The number of benzene rings is 2. The van der Waals surface area contributed by atoms with Crippen LogP contribution in [0.25, 0.3) is 10.8 Å². The van der Waals surface area contributed by atoms with Crippen molar-refractivity contribution in [2.45, 2.75) is 0 Å². The highest BCUT2D eigenvalue weighted by molar-refractivity contribution is 5.96. The molecule has 0 spiro atoms. The van der Waals surface area contributed by atoms with Crippen molar-refractivity contribution in [2.24, 2.45) is 0 Å². The molecule has 0 saturated carbocycles. The zero-order valence-electron chi connectivity index (χ0n) is 14.0. The van der Waals surface area contributed by atoms with E-state index in [9.17, 15) is 10.1 Å². The minimum absolute atomic E-state index is 0.0661. The van der Waals surface area contributed by atoms with E-state index in [2.05, 4.69) is 25.6 Å². The summed E-state index contributed by atoms with van der Waals surface area (Å²) in [5.74, 6) is 0.622. The highest BCUT2D eigenvalue weighted by atomic mass is 16.6. The summed E-state index contributed by atoms with van der Waals surface area (Å²) in [6.45, 7) is 0. The van der Waals surface area contributed by atoms with Crippen molar-refractivity contribution in [2.75, 3.05) is 10.6 Å². The van der Waals surface area contributed by atoms with Crippen molar-refractivity contribution < 1.29 is 4.92 Å². The number of anilines is 4. The van der Waals surface area contributed by atoms with E-state index < -0.39 is 4.92 Å². The summed E-state index contributed by atoms with van der Waals surface area (Å²) in [5, 5.41) is 19.6. The molecule has 8 heteroatoms. The van der Waals surface area contributed by atoms with Gasteiger partial charge in [0.05, 0.1) is 4.92 Å². The van der Waals surface area contributed by atoms with Gasteiger partial charge in [-0.3, -0.25) is 10.1 Å². The third-order valence-corrected chi connectivity index (χ3v) is 3.96. The van der Waals surface area contributed by atoms with Crippen LogP contribution in [0, 0.1) is 10.1 Å². The van der Waals surface area contributed by atoms with Gasteiger partial charge in [0.15, 0.2) is 0 Å². The Hall–Kier alpha value is -4.07. The Bertz CT molecular complexity index is 1110. The van der Waals surface area contributed by atoms with Crippen LogP contribution in [0.2, 0.25) is 0 Å². The number of hydrogen-bond donors (Lipinski definition) is 2. The second-order valence-corrected chi connectivity index (χ2v) is 5.67. The SMILES string of the molecule is O=[N+]([O-])c1c(Nc2ccccn2)ncnc1Nc1cccc2ccccc12. The lowest BCUT2D eigenvalue weighted by Crippen LogP contribution is -2.06. The van der Waals surface area contributed by atoms with E-state index in [0.717, 1.165) is 16.5 Å². The first-order valence-electron chi connectivity index (χ1n) is 8.14. The summed E-state index contributed by atoms with van der Waals surface area (Å²) >= 11 is 0. The van der Waals surface area contributed by atoms with Crippen LogP contribution in [0.3, 0.4) is 0 Å². The minimum Gasteiger partial charge on any atom is -0.334 e. The summed E-state index contributed by atoms with van der Waals surface area (Å²) in [6.07, 6.45) is 2.86. The molecule has 0 aliphatic carbocycles. The molecule has 0 atom stereocenters. The minimum atomic E-state index is -0.515. The third kappa shape index (κ3) is 3.36. The fourth-order valence-electron chi connectivity index (χ4n) is 2.75. The van der Waals surface area contributed by atoms with E-state index >= 15 is 0 Å². The molecule has 4 aromatic rings. The highest BCUT2D eigenvalue weighted by Crippen LogP contribution is 2.34. The Morgan fingerprint density at radius 3 is 2.33 bits per heavy atom. The van der Waals surface area contributed by atoms with E-state index in [0.29, 0.717) is 5.82 Å². The lowest BCUT2D eigenvalue weighted by Gasteiger charge is -2.11. The average molecular weight is 358 g/mol. The monoisotopic (exact) mass is 358 g/mol. The largest absolute Gasteiger partial charge is 0.353 e. The Morgan fingerprint density at radius 1 is 0.815 bits per heavy atom. The van der Waals surface area contributed by atoms with Crippen LogP contribution < -0.4 is 10.6 Å². The van der Waals surface area contributed by atoms with Crippen molar-refractivity contribution in [1.82, 2.24) is 15.0 Å². The van der Waals surface area contributed by atoms with E-state index in [1.54, 1.807) is 24.4 Å². The van der Waals surface area contributed by atoms with Crippen LogP contribution in [0.5, 0.6) is 0 Å². The highest BCUT2D eigenvalue weighted by Gasteiger charge is 2.24. The molecule has 2 aromatic heterocycles. The lowest BCUT2D eigenvalue weighted by atomic mass is 10.1. The topological polar surface area (TPSA) is 106 Å². The first-order valence-corrected chi connectivity index (χ1v) is 8.14. The van der Waals surface area contributed by atoms with Crippen molar-refractivity contribution >= 4 is 39.6 Å². The van der Waals surface area contributed by atoms with Crippen molar-refractivity contribution in [3.05, 3.63) is 83.3 Å². The molecule has 0 radical (unpaired) electrons. The Kier molecular flexibility index (Phi) is 4.28. The van der Waals surface area contributed by atoms with Crippen molar-refractivity contribution in [3.63, 3.8) is 0 Å². The zero-order chi connectivity index (χ0) is 18.6. The van der Waals surface area contributed by atoms with Crippen LogP contribution in [0.4, 0.5) is 28.8 Å². The van der Waals surface area contributed by atoms with Gasteiger partial charge in [0.2, 0.25) is 11.6 Å². The molecule has 2 N–H and O–H groups in total. The number of nitrogens with zero attached hydrogens (tertiary/aromatic N) is 4. The molecule has 0 aliphatic heterocycles. The van der Waals surface area contributed by atoms with Crippen molar-refractivity contribution in [3.8, 4) is 0 Å². The number of pyridine rings is 1. The predicted octanol–water partition coefficient (Wildman–Crippen LogP) is 4.42. The van der Waals surface area contributed by atoms with Gasteiger partial charge < -0.3 is 10.6 Å².